The minimum atomic E-state index is -1.32. The van der Waals surface area contributed by atoms with Gasteiger partial charge in [0.25, 0.3) is 0 Å². The second kappa shape index (κ2) is 6.69. The SMILES string of the molecule is CCCCCCCCCC1(O)C=CC(=O)O1. The highest BCUT2D eigenvalue weighted by Crippen LogP contribution is 2.23. The summed E-state index contributed by atoms with van der Waals surface area (Å²) in [6, 6.07) is 0. The first kappa shape index (κ1) is 13.2. The van der Waals surface area contributed by atoms with Crippen molar-refractivity contribution < 1.29 is 14.6 Å². The van der Waals surface area contributed by atoms with Crippen molar-refractivity contribution in [2.45, 2.75) is 64.1 Å². The van der Waals surface area contributed by atoms with Crippen LogP contribution in [0.25, 0.3) is 0 Å². The third-order valence-electron chi connectivity index (χ3n) is 2.90. The summed E-state index contributed by atoms with van der Waals surface area (Å²) < 4.78 is 4.80. The normalized spacial score (nSPS) is 23.8. The number of hydrogen-bond donors (Lipinski definition) is 1. The Bertz CT molecular complexity index is 248. The number of aliphatic hydroxyl groups is 1. The quantitative estimate of drug-likeness (QED) is 0.511. The molecule has 0 spiro atoms. The molecule has 92 valence electrons. The molecule has 1 aliphatic heterocycles. The summed E-state index contributed by atoms with van der Waals surface area (Å²) in [6.07, 6.45) is 11.6. The van der Waals surface area contributed by atoms with Gasteiger partial charge in [0.1, 0.15) is 0 Å². The summed E-state index contributed by atoms with van der Waals surface area (Å²) in [6.45, 7) is 2.20. The number of esters is 1. The molecule has 0 aromatic heterocycles. The molecule has 0 aromatic carbocycles. The zero-order chi connectivity index (χ0) is 11.9. The molecule has 1 aliphatic rings. The van der Waals surface area contributed by atoms with Gasteiger partial charge in [-0.05, 0) is 12.5 Å². The van der Waals surface area contributed by atoms with E-state index in [0.29, 0.717) is 6.42 Å². The lowest BCUT2D eigenvalue weighted by molar-refractivity contribution is -0.180. The molecule has 0 saturated heterocycles. The first-order chi connectivity index (χ1) is 7.66. The van der Waals surface area contributed by atoms with E-state index in [-0.39, 0.29) is 0 Å². The molecule has 0 bridgehead atoms. The lowest BCUT2D eigenvalue weighted by atomic mass is 10.0. The number of unbranched alkanes of at least 4 members (excludes halogenated alkanes) is 6. The van der Waals surface area contributed by atoms with Crippen LogP contribution >= 0.6 is 0 Å². The summed E-state index contributed by atoms with van der Waals surface area (Å²) in [4.78, 5) is 10.8. The molecule has 0 radical (unpaired) electrons. The summed E-state index contributed by atoms with van der Waals surface area (Å²) >= 11 is 0. The van der Waals surface area contributed by atoms with Gasteiger partial charge in [0, 0.05) is 12.5 Å². The minimum absolute atomic E-state index is 0.439. The molecule has 3 heteroatoms. The van der Waals surface area contributed by atoms with Crippen LogP contribution < -0.4 is 0 Å². The Labute approximate surface area is 97.5 Å². The summed E-state index contributed by atoms with van der Waals surface area (Å²) in [7, 11) is 0. The van der Waals surface area contributed by atoms with E-state index >= 15 is 0 Å². The standard InChI is InChI=1S/C13H22O3/c1-2-3-4-5-6-7-8-10-13(15)11-9-12(14)16-13/h9,11,15H,2-8,10H2,1H3. The van der Waals surface area contributed by atoms with Crippen molar-refractivity contribution in [2.24, 2.45) is 0 Å². The van der Waals surface area contributed by atoms with Gasteiger partial charge in [-0.25, -0.2) is 4.79 Å². The first-order valence-corrected chi connectivity index (χ1v) is 6.31. The monoisotopic (exact) mass is 226 g/mol. The van der Waals surface area contributed by atoms with Crippen LogP contribution in [0.3, 0.4) is 0 Å². The maximum Gasteiger partial charge on any atom is 0.333 e. The van der Waals surface area contributed by atoms with Gasteiger partial charge in [-0.1, -0.05) is 45.4 Å². The number of ether oxygens (including phenoxy) is 1. The molecule has 16 heavy (non-hydrogen) atoms. The fraction of sp³-hybridized carbons (Fsp3) is 0.769. The summed E-state index contributed by atoms with van der Waals surface area (Å²) in [5.41, 5.74) is 0. The topological polar surface area (TPSA) is 46.5 Å². The van der Waals surface area contributed by atoms with Gasteiger partial charge in [0.2, 0.25) is 5.79 Å². The van der Waals surface area contributed by atoms with Crippen LogP contribution in [0.4, 0.5) is 0 Å². The molecular weight excluding hydrogens is 204 g/mol. The molecule has 0 aliphatic carbocycles. The Morgan fingerprint density at radius 1 is 1.19 bits per heavy atom. The van der Waals surface area contributed by atoms with Crippen LogP contribution in [-0.2, 0) is 9.53 Å². The molecule has 1 heterocycles. The zero-order valence-electron chi connectivity index (χ0n) is 10.1. The van der Waals surface area contributed by atoms with E-state index in [1.165, 1.54) is 44.3 Å². The molecular formula is C13H22O3. The van der Waals surface area contributed by atoms with Crippen LogP contribution in [0.1, 0.15) is 58.3 Å². The number of cyclic esters (lactones) is 1. The number of carbonyl (C=O) groups excluding carboxylic acids is 1. The highest BCUT2D eigenvalue weighted by atomic mass is 16.7. The molecule has 0 saturated carbocycles. The molecule has 0 aromatic rings. The van der Waals surface area contributed by atoms with Gasteiger partial charge >= 0.3 is 5.97 Å². The summed E-state index contributed by atoms with van der Waals surface area (Å²) in [5, 5.41) is 9.77. The molecule has 0 amide bonds. The third-order valence-corrected chi connectivity index (χ3v) is 2.90. The largest absolute Gasteiger partial charge is 0.426 e. The van der Waals surface area contributed by atoms with Gasteiger partial charge in [0.15, 0.2) is 0 Å². The fourth-order valence-electron chi connectivity index (χ4n) is 1.91. The lowest BCUT2D eigenvalue weighted by Crippen LogP contribution is -2.27. The highest BCUT2D eigenvalue weighted by molar-refractivity contribution is 5.84. The van der Waals surface area contributed by atoms with E-state index in [9.17, 15) is 9.90 Å². The fourth-order valence-corrected chi connectivity index (χ4v) is 1.91. The third kappa shape index (κ3) is 4.79. The lowest BCUT2D eigenvalue weighted by Gasteiger charge is -2.19. The van der Waals surface area contributed by atoms with Crippen molar-refractivity contribution in [3.05, 3.63) is 12.2 Å². The zero-order valence-corrected chi connectivity index (χ0v) is 10.1. The van der Waals surface area contributed by atoms with E-state index in [1.807, 2.05) is 0 Å². The van der Waals surface area contributed by atoms with Crippen molar-refractivity contribution in [2.75, 3.05) is 0 Å². The first-order valence-electron chi connectivity index (χ1n) is 6.31. The van der Waals surface area contributed by atoms with Crippen molar-refractivity contribution in [1.29, 1.82) is 0 Å². The van der Waals surface area contributed by atoms with Gasteiger partial charge in [-0.15, -0.1) is 0 Å². The molecule has 1 atom stereocenters. The number of hydrogen-bond acceptors (Lipinski definition) is 3. The Morgan fingerprint density at radius 3 is 2.38 bits per heavy atom. The predicted molar refractivity (Wildman–Crippen MR) is 62.8 cm³/mol. The summed E-state index contributed by atoms with van der Waals surface area (Å²) in [5.74, 6) is -1.76. The van der Waals surface area contributed by atoms with Crippen LogP contribution in [0.15, 0.2) is 12.2 Å². The Kier molecular flexibility index (Phi) is 5.53. The maximum absolute atomic E-state index is 10.8. The Hall–Kier alpha value is -0.830. The molecule has 1 unspecified atom stereocenters. The van der Waals surface area contributed by atoms with Gasteiger partial charge < -0.3 is 9.84 Å². The highest BCUT2D eigenvalue weighted by Gasteiger charge is 2.31. The van der Waals surface area contributed by atoms with Gasteiger partial charge in [-0.3, -0.25) is 0 Å². The van der Waals surface area contributed by atoms with Crippen LogP contribution in [-0.4, -0.2) is 16.9 Å². The van der Waals surface area contributed by atoms with Crippen molar-refractivity contribution in [3.63, 3.8) is 0 Å². The second-order valence-electron chi connectivity index (χ2n) is 4.47. The van der Waals surface area contributed by atoms with Crippen LogP contribution in [0.2, 0.25) is 0 Å². The number of rotatable bonds is 8. The van der Waals surface area contributed by atoms with Crippen LogP contribution in [0, 0.1) is 0 Å². The maximum atomic E-state index is 10.8. The molecule has 0 fully saturated rings. The van der Waals surface area contributed by atoms with Crippen molar-refractivity contribution in [1.82, 2.24) is 0 Å². The van der Waals surface area contributed by atoms with Crippen molar-refractivity contribution in [3.8, 4) is 0 Å². The Balaban J connectivity index is 1.99. The average Bonchev–Trinajstić information content (AvgIpc) is 2.58. The average molecular weight is 226 g/mol. The molecule has 3 nitrogen and oxygen atoms in total. The van der Waals surface area contributed by atoms with Crippen LogP contribution in [0.5, 0.6) is 0 Å². The van der Waals surface area contributed by atoms with E-state index in [2.05, 4.69) is 6.92 Å². The smallest absolute Gasteiger partial charge is 0.333 e. The van der Waals surface area contributed by atoms with Gasteiger partial charge in [0.05, 0.1) is 0 Å². The number of carbonyl (C=O) groups is 1. The second-order valence-corrected chi connectivity index (χ2v) is 4.47. The van der Waals surface area contributed by atoms with E-state index in [1.54, 1.807) is 0 Å². The minimum Gasteiger partial charge on any atom is -0.426 e. The predicted octanol–water partition coefficient (Wildman–Crippen LogP) is 2.93. The van der Waals surface area contributed by atoms with E-state index in [0.717, 1.165) is 12.8 Å². The van der Waals surface area contributed by atoms with Crippen molar-refractivity contribution >= 4 is 5.97 Å². The van der Waals surface area contributed by atoms with Gasteiger partial charge in [-0.2, -0.15) is 0 Å². The van der Waals surface area contributed by atoms with E-state index < -0.39 is 11.8 Å². The molecule has 1 N–H and O–H groups in total. The Morgan fingerprint density at radius 2 is 1.81 bits per heavy atom. The molecule has 1 rings (SSSR count). The van der Waals surface area contributed by atoms with E-state index in [4.69, 9.17) is 4.74 Å².